The molecule has 3 fully saturated rings. The topological polar surface area (TPSA) is 133 Å². The predicted octanol–water partition coefficient (Wildman–Crippen LogP) is 4.47. The Morgan fingerprint density at radius 2 is 1.62 bits per heavy atom. The van der Waals surface area contributed by atoms with Crippen molar-refractivity contribution in [2.24, 2.45) is 0 Å². The summed E-state index contributed by atoms with van der Waals surface area (Å²) in [5.41, 5.74) is 9.15. The van der Waals surface area contributed by atoms with Crippen molar-refractivity contribution in [1.82, 2.24) is 34.8 Å². The zero-order valence-corrected chi connectivity index (χ0v) is 28.1. The van der Waals surface area contributed by atoms with Crippen LogP contribution < -0.4 is 16.7 Å². The largest absolute Gasteiger partial charge is 0.397 e. The maximum atomic E-state index is 14.1. The quantitative estimate of drug-likeness (QED) is 0.305. The lowest BCUT2D eigenvalue weighted by molar-refractivity contribution is -0.134. The van der Waals surface area contributed by atoms with Gasteiger partial charge in [0, 0.05) is 44.2 Å². The zero-order chi connectivity index (χ0) is 32.9. The van der Waals surface area contributed by atoms with Crippen LogP contribution in [0, 0.1) is 0 Å². The van der Waals surface area contributed by atoms with Gasteiger partial charge in [-0.3, -0.25) is 9.78 Å². The summed E-state index contributed by atoms with van der Waals surface area (Å²) in [7, 11) is 0. The third-order valence-corrected chi connectivity index (χ3v) is 10.5. The molecule has 252 valence electrons. The molecule has 6 rings (SSSR count). The van der Waals surface area contributed by atoms with Crippen LogP contribution in [0.3, 0.4) is 0 Å². The maximum absolute atomic E-state index is 14.1. The van der Waals surface area contributed by atoms with Crippen molar-refractivity contribution in [2.45, 2.75) is 82.8 Å². The number of carbonyl (C=O) groups excluding carboxylic acids is 2. The number of benzene rings is 2. The molecule has 1 aromatic heterocycles. The van der Waals surface area contributed by atoms with Gasteiger partial charge in [0.1, 0.15) is 6.04 Å². The first-order valence-corrected chi connectivity index (χ1v) is 17.6. The molecule has 1 atom stereocenters. The summed E-state index contributed by atoms with van der Waals surface area (Å²) in [5.74, 6) is 0.471. The summed E-state index contributed by atoms with van der Waals surface area (Å²) in [5, 5.41) is 8.12. The number of urea groups is 1. The number of aromatic nitrogens is 3. The fourth-order valence-electron chi connectivity index (χ4n) is 7.40. The summed E-state index contributed by atoms with van der Waals surface area (Å²) in [6, 6.07) is 12.7. The van der Waals surface area contributed by atoms with Gasteiger partial charge in [-0.25, -0.2) is 14.3 Å². The van der Waals surface area contributed by atoms with Crippen molar-refractivity contribution in [1.29, 1.82) is 0 Å². The van der Waals surface area contributed by atoms with Crippen molar-refractivity contribution < 1.29 is 9.59 Å². The predicted molar refractivity (Wildman–Crippen MR) is 184 cm³/mol. The number of nitrogens with one attached hydrogen (secondary N) is 2. The van der Waals surface area contributed by atoms with Crippen LogP contribution in [0.15, 0.2) is 47.3 Å². The second kappa shape index (κ2) is 14.9. The summed E-state index contributed by atoms with van der Waals surface area (Å²) < 4.78 is 1.51. The van der Waals surface area contributed by atoms with E-state index in [1.54, 1.807) is 4.90 Å². The molecule has 3 saturated heterocycles. The number of anilines is 1. The van der Waals surface area contributed by atoms with Crippen LogP contribution in [-0.2, 0) is 17.6 Å². The highest BCUT2D eigenvalue weighted by Crippen LogP contribution is 2.28. The van der Waals surface area contributed by atoms with Crippen LogP contribution >= 0.6 is 11.6 Å². The van der Waals surface area contributed by atoms with Crippen molar-refractivity contribution in [3.63, 3.8) is 0 Å². The number of carbonyl (C=O) groups is 2. The Labute approximate surface area is 281 Å². The monoisotopic (exact) mass is 662 g/mol. The fourth-order valence-corrected chi connectivity index (χ4v) is 7.66. The Morgan fingerprint density at radius 3 is 2.30 bits per heavy atom. The molecule has 0 saturated carbocycles. The van der Waals surface area contributed by atoms with Gasteiger partial charge in [-0.05, 0) is 75.2 Å². The highest BCUT2D eigenvalue weighted by molar-refractivity contribution is 6.33. The summed E-state index contributed by atoms with van der Waals surface area (Å²) in [4.78, 5) is 49.6. The van der Waals surface area contributed by atoms with Gasteiger partial charge < -0.3 is 25.8 Å². The molecule has 3 amide bonds. The van der Waals surface area contributed by atoms with Gasteiger partial charge in [0.15, 0.2) is 5.82 Å². The van der Waals surface area contributed by atoms with Crippen LogP contribution in [0.5, 0.6) is 0 Å². The molecule has 3 aliphatic heterocycles. The molecule has 4 N–H and O–H groups in total. The standard InChI is InChI=1S/C35H47ClN8O3/c1-2-25-21-24(22-29(36)31(25)37)23-30(33(45)42-17-11-27(12-18-42)41-15-7-4-8-16-41)38-34(46)43-19-13-28(14-20-43)44-35(47)39-32(40-44)26-9-5-3-6-10-26/h3,5-6,9-10,21-22,27-28,30H,2,4,7-8,11-20,23,37H2,1H3,(H,38,46)(H,39,40,47)/t30-/m1/s1. The zero-order valence-electron chi connectivity index (χ0n) is 27.3. The van der Waals surface area contributed by atoms with Crippen molar-refractivity contribution in [3.05, 3.63) is 69.1 Å². The number of hydrogen-bond acceptors (Lipinski definition) is 6. The number of piperidine rings is 3. The number of nitrogens with two attached hydrogens (primary N) is 1. The molecule has 47 heavy (non-hydrogen) atoms. The van der Waals surface area contributed by atoms with Crippen LogP contribution in [0.4, 0.5) is 10.5 Å². The van der Waals surface area contributed by atoms with Crippen molar-refractivity contribution in [3.8, 4) is 11.4 Å². The van der Waals surface area contributed by atoms with Gasteiger partial charge >= 0.3 is 11.7 Å². The SMILES string of the molecule is CCc1cc(C[C@@H](NC(=O)N2CCC(n3nc(-c4ccccc4)[nH]c3=O)CC2)C(=O)N2CCC(N3CCCCC3)CC2)cc(Cl)c1N. The third-order valence-electron chi connectivity index (χ3n) is 10.2. The van der Waals surface area contributed by atoms with E-state index in [4.69, 9.17) is 17.3 Å². The minimum atomic E-state index is -0.737. The van der Waals surface area contributed by atoms with Gasteiger partial charge in [-0.2, -0.15) is 0 Å². The van der Waals surface area contributed by atoms with E-state index in [0.717, 1.165) is 49.0 Å². The number of aryl methyl sites for hydroxylation is 1. The molecule has 4 heterocycles. The number of likely N-dealkylation sites (tertiary alicyclic amines) is 3. The van der Waals surface area contributed by atoms with E-state index in [-0.39, 0.29) is 23.7 Å². The molecule has 2 aromatic carbocycles. The number of H-pyrrole nitrogens is 1. The number of nitrogens with zero attached hydrogens (tertiary/aromatic N) is 5. The maximum Gasteiger partial charge on any atom is 0.343 e. The lowest BCUT2D eigenvalue weighted by Gasteiger charge is -2.41. The van der Waals surface area contributed by atoms with E-state index >= 15 is 0 Å². The molecule has 12 heteroatoms. The first-order valence-electron chi connectivity index (χ1n) is 17.2. The Morgan fingerprint density at radius 1 is 0.957 bits per heavy atom. The number of halogens is 1. The molecule has 3 aromatic rings. The highest BCUT2D eigenvalue weighted by atomic mass is 35.5. The second-order valence-corrected chi connectivity index (χ2v) is 13.6. The van der Waals surface area contributed by atoms with E-state index in [0.29, 0.717) is 68.0 Å². The molecule has 3 aliphatic rings. The third kappa shape index (κ3) is 7.67. The lowest BCUT2D eigenvalue weighted by atomic mass is 9.97. The smallest absolute Gasteiger partial charge is 0.343 e. The van der Waals surface area contributed by atoms with E-state index in [2.05, 4.69) is 20.3 Å². The normalized spacial score (nSPS) is 19.1. The molecular weight excluding hydrogens is 616 g/mol. The molecule has 0 unspecified atom stereocenters. The number of aromatic amines is 1. The van der Waals surface area contributed by atoms with Gasteiger partial charge in [-0.1, -0.05) is 61.3 Å². The Bertz CT molecular complexity index is 1590. The molecule has 0 spiro atoms. The molecule has 0 aliphatic carbocycles. The Balaban J connectivity index is 1.12. The van der Waals surface area contributed by atoms with Gasteiger partial charge in [0.25, 0.3) is 0 Å². The summed E-state index contributed by atoms with van der Waals surface area (Å²) >= 11 is 6.49. The fraction of sp³-hybridized carbons (Fsp3) is 0.543. The molecule has 0 bridgehead atoms. The first-order chi connectivity index (χ1) is 22.8. The van der Waals surface area contributed by atoms with E-state index in [9.17, 15) is 14.4 Å². The van der Waals surface area contributed by atoms with Crippen LogP contribution in [0.25, 0.3) is 11.4 Å². The van der Waals surface area contributed by atoms with E-state index in [1.807, 2.05) is 54.3 Å². The summed E-state index contributed by atoms with van der Waals surface area (Å²) in [6.07, 6.45) is 7.92. The van der Waals surface area contributed by atoms with Gasteiger partial charge in [-0.15, -0.1) is 5.10 Å². The summed E-state index contributed by atoms with van der Waals surface area (Å²) in [6.45, 7) is 6.58. The minimum Gasteiger partial charge on any atom is -0.397 e. The number of amides is 3. The van der Waals surface area contributed by atoms with E-state index in [1.165, 1.54) is 23.9 Å². The molecular formula is C35H47ClN8O3. The second-order valence-electron chi connectivity index (χ2n) is 13.2. The average molecular weight is 663 g/mol. The number of rotatable bonds is 8. The van der Waals surface area contributed by atoms with Crippen LogP contribution in [0.2, 0.25) is 5.02 Å². The molecule has 11 nitrogen and oxygen atoms in total. The lowest BCUT2D eigenvalue weighted by Crippen LogP contribution is -2.56. The van der Waals surface area contributed by atoms with Crippen LogP contribution in [0.1, 0.15) is 69.0 Å². The van der Waals surface area contributed by atoms with E-state index < -0.39 is 6.04 Å². The van der Waals surface area contributed by atoms with Gasteiger partial charge in [0.05, 0.1) is 16.8 Å². The highest BCUT2D eigenvalue weighted by Gasteiger charge is 2.34. The van der Waals surface area contributed by atoms with Crippen molar-refractivity contribution >= 4 is 29.2 Å². The van der Waals surface area contributed by atoms with Gasteiger partial charge in [0.2, 0.25) is 5.91 Å². The number of nitrogen functional groups attached to an aromatic ring is 1. The Kier molecular flexibility index (Phi) is 10.5. The number of hydrogen-bond donors (Lipinski definition) is 3. The molecule has 0 radical (unpaired) electrons. The first kappa shape index (κ1) is 33.1. The Hall–Kier alpha value is -3.83. The average Bonchev–Trinajstić information content (AvgIpc) is 3.51. The minimum absolute atomic E-state index is 0.0622. The van der Waals surface area contributed by atoms with Crippen LogP contribution in [-0.4, -0.2) is 92.8 Å². The van der Waals surface area contributed by atoms with Crippen molar-refractivity contribution in [2.75, 3.05) is 45.0 Å².